The summed E-state index contributed by atoms with van der Waals surface area (Å²) >= 11 is 0. The first-order valence-corrected chi connectivity index (χ1v) is 8.50. The topological polar surface area (TPSA) is 91.2 Å². The van der Waals surface area contributed by atoms with E-state index in [-0.39, 0.29) is 16.8 Å². The molecule has 0 fully saturated rings. The van der Waals surface area contributed by atoms with Gasteiger partial charge < -0.3 is 19.5 Å². The van der Waals surface area contributed by atoms with Gasteiger partial charge in [0.15, 0.2) is 11.5 Å². The van der Waals surface area contributed by atoms with Crippen LogP contribution in [0.15, 0.2) is 35.3 Å². The van der Waals surface area contributed by atoms with Crippen LogP contribution in [0, 0.1) is 13.8 Å². The van der Waals surface area contributed by atoms with E-state index in [2.05, 4.69) is 10.3 Å². The molecule has 8 nitrogen and oxygen atoms in total. The van der Waals surface area contributed by atoms with E-state index in [4.69, 9.17) is 14.2 Å². The molecule has 0 aliphatic heterocycles. The van der Waals surface area contributed by atoms with Crippen LogP contribution in [-0.2, 0) is 0 Å². The third-order valence-corrected chi connectivity index (χ3v) is 4.33. The number of carbonyl (C=O) groups excluding carboxylic acids is 1. The summed E-state index contributed by atoms with van der Waals surface area (Å²) < 4.78 is 17.2. The van der Waals surface area contributed by atoms with Gasteiger partial charge in [-0.25, -0.2) is 4.98 Å². The Labute approximate surface area is 161 Å². The van der Waals surface area contributed by atoms with E-state index in [0.29, 0.717) is 28.6 Å². The number of aromatic nitrogens is 2. The summed E-state index contributed by atoms with van der Waals surface area (Å²) in [6.45, 7) is 3.59. The molecule has 1 N–H and O–H groups in total. The molecular weight excluding hydrogens is 362 g/mol. The first-order valence-electron chi connectivity index (χ1n) is 8.50. The van der Waals surface area contributed by atoms with Gasteiger partial charge in [-0.05, 0) is 43.7 Å². The Morgan fingerprint density at radius 1 is 1.04 bits per heavy atom. The van der Waals surface area contributed by atoms with E-state index >= 15 is 0 Å². The third kappa shape index (κ3) is 3.36. The Morgan fingerprint density at radius 2 is 1.68 bits per heavy atom. The third-order valence-electron chi connectivity index (χ3n) is 4.33. The second kappa shape index (κ2) is 7.59. The number of benzene rings is 1. The molecule has 0 saturated heterocycles. The highest BCUT2D eigenvalue weighted by molar-refractivity contribution is 6.05. The number of carbonyl (C=O) groups is 1. The van der Waals surface area contributed by atoms with Crippen molar-refractivity contribution in [1.29, 1.82) is 0 Å². The fourth-order valence-corrected chi connectivity index (χ4v) is 2.89. The molecule has 0 atom stereocenters. The highest BCUT2D eigenvalue weighted by atomic mass is 16.5. The van der Waals surface area contributed by atoms with Crippen LogP contribution in [-0.4, -0.2) is 36.6 Å². The summed E-state index contributed by atoms with van der Waals surface area (Å²) in [6.07, 6.45) is 1.63. The second-order valence-electron chi connectivity index (χ2n) is 6.18. The molecule has 0 bridgehead atoms. The normalized spacial score (nSPS) is 10.6. The minimum Gasteiger partial charge on any atom is -0.493 e. The second-order valence-corrected chi connectivity index (χ2v) is 6.18. The maximum atomic E-state index is 12.8. The van der Waals surface area contributed by atoms with Crippen LogP contribution in [0.25, 0.3) is 5.65 Å². The van der Waals surface area contributed by atoms with Gasteiger partial charge in [-0.2, -0.15) is 0 Å². The van der Waals surface area contributed by atoms with E-state index in [1.807, 2.05) is 6.92 Å². The lowest BCUT2D eigenvalue weighted by molar-refractivity contribution is 0.102. The van der Waals surface area contributed by atoms with E-state index in [9.17, 15) is 9.59 Å². The van der Waals surface area contributed by atoms with Gasteiger partial charge in [0.25, 0.3) is 11.5 Å². The van der Waals surface area contributed by atoms with Gasteiger partial charge in [0.05, 0.1) is 27.0 Å². The Kier molecular flexibility index (Phi) is 5.21. The summed E-state index contributed by atoms with van der Waals surface area (Å²) in [5, 5.41) is 2.65. The van der Waals surface area contributed by atoms with Gasteiger partial charge in [0, 0.05) is 11.8 Å². The first-order chi connectivity index (χ1) is 13.4. The van der Waals surface area contributed by atoms with Crippen molar-refractivity contribution in [3.63, 3.8) is 0 Å². The molecule has 28 heavy (non-hydrogen) atoms. The van der Waals surface area contributed by atoms with E-state index in [1.54, 1.807) is 25.3 Å². The highest BCUT2D eigenvalue weighted by Crippen LogP contribution is 2.38. The number of fused-ring (bicyclic) bond motifs is 1. The van der Waals surface area contributed by atoms with Crippen LogP contribution in [0.5, 0.6) is 17.2 Å². The number of amides is 1. The van der Waals surface area contributed by atoms with Crippen molar-refractivity contribution in [3.8, 4) is 17.2 Å². The zero-order valence-corrected chi connectivity index (χ0v) is 16.3. The SMILES string of the molecule is COc1cc(C(=O)Nc2c(C)nc3cc(C)ccn3c2=O)cc(OC)c1OC. The quantitative estimate of drug-likeness (QED) is 0.728. The molecule has 1 amide bonds. The average molecular weight is 383 g/mol. The average Bonchev–Trinajstić information content (AvgIpc) is 2.69. The van der Waals surface area contributed by atoms with Gasteiger partial charge in [-0.15, -0.1) is 0 Å². The molecule has 0 aliphatic rings. The fraction of sp³-hybridized carbons (Fsp3) is 0.250. The van der Waals surface area contributed by atoms with Gasteiger partial charge in [0.1, 0.15) is 11.3 Å². The van der Waals surface area contributed by atoms with Gasteiger partial charge in [-0.1, -0.05) is 0 Å². The number of methoxy groups -OCH3 is 3. The number of nitrogens with one attached hydrogen (secondary N) is 1. The molecule has 146 valence electrons. The van der Waals surface area contributed by atoms with Crippen LogP contribution in [0.2, 0.25) is 0 Å². The van der Waals surface area contributed by atoms with Crippen LogP contribution < -0.4 is 25.1 Å². The number of aryl methyl sites for hydroxylation is 2. The van der Waals surface area contributed by atoms with Gasteiger partial charge in [0.2, 0.25) is 5.75 Å². The number of nitrogens with zero attached hydrogens (tertiary/aromatic N) is 2. The molecule has 0 saturated carbocycles. The Hall–Kier alpha value is -3.55. The van der Waals surface area contributed by atoms with Crippen molar-refractivity contribution in [2.75, 3.05) is 26.6 Å². The molecule has 0 aliphatic carbocycles. The van der Waals surface area contributed by atoms with E-state index in [0.717, 1.165) is 5.56 Å². The Bertz CT molecular complexity index is 1100. The molecule has 0 unspecified atom stereocenters. The number of ether oxygens (including phenoxy) is 3. The molecule has 3 rings (SSSR count). The fourth-order valence-electron chi connectivity index (χ4n) is 2.89. The van der Waals surface area contributed by atoms with Crippen molar-refractivity contribution in [3.05, 3.63) is 57.6 Å². The lowest BCUT2D eigenvalue weighted by Crippen LogP contribution is -2.25. The van der Waals surface area contributed by atoms with Crippen molar-refractivity contribution in [2.45, 2.75) is 13.8 Å². The maximum absolute atomic E-state index is 12.8. The van der Waals surface area contributed by atoms with Crippen molar-refractivity contribution < 1.29 is 19.0 Å². The summed E-state index contributed by atoms with van der Waals surface area (Å²) in [4.78, 5) is 30.0. The first kappa shape index (κ1) is 19.2. The summed E-state index contributed by atoms with van der Waals surface area (Å²) in [5.41, 5.74) is 1.94. The summed E-state index contributed by atoms with van der Waals surface area (Å²) in [7, 11) is 4.41. The van der Waals surface area contributed by atoms with Crippen molar-refractivity contribution in [2.24, 2.45) is 0 Å². The number of rotatable bonds is 5. The predicted molar refractivity (Wildman–Crippen MR) is 105 cm³/mol. The zero-order valence-electron chi connectivity index (χ0n) is 16.3. The Morgan fingerprint density at radius 3 is 2.25 bits per heavy atom. The van der Waals surface area contributed by atoms with Crippen LogP contribution in [0.4, 0.5) is 5.69 Å². The summed E-state index contributed by atoms with van der Waals surface area (Å²) in [6, 6.07) is 6.64. The maximum Gasteiger partial charge on any atom is 0.281 e. The minimum atomic E-state index is -0.492. The molecule has 8 heteroatoms. The molecule has 1 aromatic carbocycles. The summed E-state index contributed by atoms with van der Waals surface area (Å²) in [5.74, 6) is 0.564. The molecule has 2 heterocycles. The predicted octanol–water partition coefficient (Wildman–Crippen LogP) is 2.59. The van der Waals surface area contributed by atoms with Crippen molar-refractivity contribution >= 4 is 17.2 Å². The van der Waals surface area contributed by atoms with Crippen LogP contribution in [0.1, 0.15) is 21.6 Å². The zero-order chi connectivity index (χ0) is 20.4. The van der Waals surface area contributed by atoms with E-state index < -0.39 is 5.91 Å². The molecule has 0 radical (unpaired) electrons. The van der Waals surface area contributed by atoms with Gasteiger partial charge >= 0.3 is 0 Å². The number of pyridine rings is 1. The van der Waals surface area contributed by atoms with Crippen LogP contribution >= 0.6 is 0 Å². The molecular formula is C20H21N3O5. The smallest absolute Gasteiger partial charge is 0.281 e. The highest BCUT2D eigenvalue weighted by Gasteiger charge is 2.19. The Balaban J connectivity index is 2.04. The molecule has 0 spiro atoms. The molecule has 3 aromatic rings. The number of hydrogen-bond acceptors (Lipinski definition) is 6. The standard InChI is InChI=1S/C20H21N3O5/c1-11-6-7-23-16(8-11)21-12(2)17(20(23)25)22-19(24)13-9-14(26-3)18(28-5)15(10-13)27-4/h6-10H,1-5H3,(H,22,24). The molecule has 2 aromatic heterocycles. The number of anilines is 1. The van der Waals surface area contributed by atoms with Gasteiger partial charge in [-0.3, -0.25) is 14.0 Å². The largest absolute Gasteiger partial charge is 0.493 e. The lowest BCUT2D eigenvalue weighted by Gasteiger charge is -2.14. The minimum absolute atomic E-state index is 0.111. The lowest BCUT2D eigenvalue weighted by atomic mass is 10.1. The van der Waals surface area contributed by atoms with E-state index in [1.165, 1.54) is 37.9 Å². The monoisotopic (exact) mass is 383 g/mol. The number of hydrogen-bond donors (Lipinski definition) is 1. The van der Waals surface area contributed by atoms with Crippen molar-refractivity contribution in [1.82, 2.24) is 9.38 Å². The van der Waals surface area contributed by atoms with Crippen LogP contribution in [0.3, 0.4) is 0 Å².